The van der Waals surface area contributed by atoms with Crippen LogP contribution in [0.3, 0.4) is 0 Å². The van der Waals surface area contributed by atoms with Gasteiger partial charge < -0.3 is 15.2 Å². The minimum Gasteiger partial charge on any atom is -0.381 e. The fourth-order valence-corrected chi connectivity index (χ4v) is 3.35. The van der Waals surface area contributed by atoms with Crippen molar-refractivity contribution < 1.29 is 13.9 Å². The van der Waals surface area contributed by atoms with Crippen LogP contribution in [0.25, 0.3) is 0 Å². The first-order valence-electron chi connectivity index (χ1n) is 7.26. The quantitative estimate of drug-likeness (QED) is 0.902. The molecule has 2 aliphatic heterocycles. The number of hydrogen-bond donors (Lipinski definition) is 1. The Morgan fingerprint density at radius 2 is 2.10 bits per heavy atom. The second kappa shape index (κ2) is 5.76. The van der Waals surface area contributed by atoms with E-state index in [4.69, 9.17) is 15.2 Å². The van der Waals surface area contributed by atoms with Crippen LogP contribution < -0.4 is 5.73 Å². The molecule has 2 unspecified atom stereocenters. The van der Waals surface area contributed by atoms with E-state index in [0.717, 1.165) is 51.1 Å². The molecule has 20 heavy (non-hydrogen) atoms. The highest BCUT2D eigenvalue weighted by molar-refractivity contribution is 5.16. The molecule has 0 bridgehead atoms. The highest BCUT2D eigenvalue weighted by Gasteiger charge is 2.40. The van der Waals surface area contributed by atoms with Crippen molar-refractivity contribution in [3.8, 4) is 0 Å². The first-order chi connectivity index (χ1) is 9.69. The Labute approximate surface area is 118 Å². The molecular formula is C15H21FN2O2. The lowest BCUT2D eigenvalue weighted by Crippen LogP contribution is -2.46. The van der Waals surface area contributed by atoms with Gasteiger partial charge in [0.05, 0.1) is 11.8 Å². The van der Waals surface area contributed by atoms with E-state index in [9.17, 15) is 4.39 Å². The summed E-state index contributed by atoms with van der Waals surface area (Å²) in [7, 11) is 0. The SMILES string of the molecule is NC(c1cncc(F)c1)C1CCOC2(CCOCC2)C1. The van der Waals surface area contributed by atoms with E-state index < -0.39 is 0 Å². The number of ether oxygens (including phenoxy) is 2. The topological polar surface area (TPSA) is 57.4 Å². The molecule has 1 aromatic heterocycles. The minimum absolute atomic E-state index is 0.0838. The van der Waals surface area contributed by atoms with E-state index in [0.29, 0.717) is 5.92 Å². The van der Waals surface area contributed by atoms with Crippen molar-refractivity contribution >= 4 is 0 Å². The molecule has 110 valence electrons. The predicted molar refractivity (Wildman–Crippen MR) is 72.6 cm³/mol. The Morgan fingerprint density at radius 3 is 2.85 bits per heavy atom. The standard InChI is InChI=1S/C15H21FN2O2/c16-13-7-12(9-18-10-13)14(17)11-1-4-20-15(8-11)2-5-19-6-3-15/h7,9-11,14H,1-6,8,17H2. The molecule has 0 amide bonds. The molecule has 4 nitrogen and oxygen atoms in total. The third kappa shape index (κ3) is 2.85. The zero-order chi connectivity index (χ0) is 14.0. The molecule has 0 radical (unpaired) electrons. The molecule has 2 saturated heterocycles. The third-order valence-electron chi connectivity index (χ3n) is 4.55. The van der Waals surface area contributed by atoms with Crippen LogP contribution in [0, 0.1) is 11.7 Å². The largest absolute Gasteiger partial charge is 0.381 e. The van der Waals surface area contributed by atoms with Gasteiger partial charge in [0.2, 0.25) is 0 Å². The van der Waals surface area contributed by atoms with E-state index >= 15 is 0 Å². The van der Waals surface area contributed by atoms with Crippen LogP contribution in [-0.4, -0.2) is 30.4 Å². The smallest absolute Gasteiger partial charge is 0.141 e. The predicted octanol–water partition coefficient (Wildman–Crippen LogP) is 2.20. The summed E-state index contributed by atoms with van der Waals surface area (Å²) < 4.78 is 24.7. The molecule has 1 spiro atoms. The first-order valence-corrected chi connectivity index (χ1v) is 7.26. The van der Waals surface area contributed by atoms with Gasteiger partial charge in [0.25, 0.3) is 0 Å². The van der Waals surface area contributed by atoms with E-state index in [1.807, 2.05) is 0 Å². The molecule has 0 saturated carbocycles. The number of nitrogens with zero attached hydrogens (tertiary/aromatic N) is 1. The second-order valence-electron chi connectivity index (χ2n) is 5.86. The van der Waals surface area contributed by atoms with Gasteiger partial charge in [-0.2, -0.15) is 0 Å². The highest BCUT2D eigenvalue weighted by atomic mass is 19.1. The van der Waals surface area contributed by atoms with Gasteiger partial charge in [-0.15, -0.1) is 0 Å². The molecule has 0 aromatic carbocycles. The van der Waals surface area contributed by atoms with Crippen molar-refractivity contribution in [3.05, 3.63) is 29.8 Å². The fraction of sp³-hybridized carbons (Fsp3) is 0.667. The maximum absolute atomic E-state index is 13.3. The van der Waals surface area contributed by atoms with Crippen LogP contribution in [0.15, 0.2) is 18.5 Å². The normalized spacial score (nSPS) is 27.4. The van der Waals surface area contributed by atoms with Crippen molar-refractivity contribution in [1.82, 2.24) is 4.98 Å². The van der Waals surface area contributed by atoms with Gasteiger partial charge in [-0.3, -0.25) is 4.98 Å². The summed E-state index contributed by atoms with van der Waals surface area (Å²) in [5.74, 6) is -0.0174. The number of aromatic nitrogens is 1. The molecule has 1 aromatic rings. The van der Waals surface area contributed by atoms with Gasteiger partial charge >= 0.3 is 0 Å². The van der Waals surface area contributed by atoms with E-state index in [-0.39, 0.29) is 17.5 Å². The zero-order valence-electron chi connectivity index (χ0n) is 11.6. The summed E-state index contributed by atoms with van der Waals surface area (Å²) in [4.78, 5) is 3.90. The van der Waals surface area contributed by atoms with Gasteiger partial charge in [-0.1, -0.05) is 0 Å². The van der Waals surface area contributed by atoms with Gasteiger partial charge in [0.1, 0.15) is 5.82 Å². The molecule has 5 heteroatoms. The maximum Gasteiger partial charge on any atom is 0.141 e. The summed E-state index contributed by atoms with van der Waals surface area (Å²) in [6, 6.07) is 1.31. The zero-order valence-corrected chi connectivity index (χ0v) is 11.6. The van der Waals surface area contributed by atoms with Crippen LogP contribution in [0.4, 0.5) is 4.39 Å². The Balaban J connectivity index is 1.73. The van der Waals surface area contributed by atoms with E-state index in [2.05, 4.69) is 4.98 Å². The van der Waals surface area contributed by atoms with Crippen molar-refractivity contribution in [1.29, 1.82) is 0 Å². The summed E-state index contributed by atoms with van der Waals surface area (Å²) in [5, 5.41) is 0. The van der Waals surface area contributed by atoms with Gasteiger partial charge in [0, 0.05) is 32.1 Å². The summed E-state index contributed by atoms with van der Waals surface area (Å²) in [6.07, 6.45) is 6.57. The van der Waals surface area contributed by atoms with E-state index in [1.54, 1.807) is 6.20 Å². The van der Waals surface area contributed by atoms with Crippen molar-refractivity contribution in [2.45, 2.75) is 37.3 Å². The number of nitrogens with two attached hydrogens (primary N) is 1. The first kappa shape index (κ1) is 13.9. The van der Waals surface area contributed by atoms with Crippen molar-refractivity contribution in [3.63, 3.8) is 0 Å². The molecule has 2 atom stereocenters. The molecule has 0 aliphatic carbocycles. The Morgan fingerprint density at radius 1 is 1.30 bits per heavy atom. The van der Waals surface area contributed by atoms with E-state index in [1.165, 1.54) is 12.3 Å². The Hall–Kier alpha value is -1.04. The van der Waals surface area contributed by atoms with Crippen molar-refractivity contribution in [2.75, 3.05) is 19.8 Å². The summed E-state index contributed by atoms with van der Waals surface area (Å²) in [6.45, 7) is 2.23. The Kier molecular flexibility index (Phi) is 4.01. The minimum atomic E-state index is -0.328. The number of halogens is 1. The van der Waals surface area contributed by atoms with Crippen LogP contribution in [0.5, 0.6) is 0 Å². The summed E-state index contributed by atoms with van der Waals surface area (Å²) in [5.41, 5.74) is 7.03. The Bertz CT molecular complexity index is 457. The lowest BCUT2D eigenvalue weighted by atomic mass is 9.76. The second-order valence-corrected chi connectivity index (χ2v) is 5.86. The molecule has 2 N–H and O–H groups in total. The van der Waals surface area contributed by atoms with Crippen LogP contribution >= 0.6 is 0 Å². The molecular weight excluding hydrogens is 259 g/mol. The lowest BCUT2D eigenvalue weighted by molar-refractivity contribution is -0.149. The van der Waals surface area contributed by atoms with Crippen molar-refractivity contribution in [2.24, 2.45) is 11.7 Å². The molecule has 2 fully saturated rings. The van der Waals surface area contributed by atoms with Crippen LogP contribution in [-0.2, 0) is 9.47 Å². The molecule has 3 rings (SSSR count). The number of pyridine rings is 1. The molecule has 2 aliphatic rings. The average molecular weight is 280 g/mol. The third-order valence-corrected chi connectivity index (χ3v) is 4.55. The van der Waals surface area contributed by atoms with Crippen LogP contribution in [0.2, 0.25) is 0 Å². The summed E-state index contributed by atoms with van der Waals surface area (Å²) >= 11 is 0. The lowest BCUT2D eigenvalue weighted by Gasteiger charge is -2.44. The van der Waals surface area contributed by atoms with Gasteiger partial charge in [0.15, 0.2) is 0 Å². The van der Waals surface area contributed by atoms with Gasteiger partial charge in [-0.05, 0) is 43.2 Å². The van der Waals surface area contributed by atoms with Crippen LogP contribution in [0.1, 0.15) is 37.3 Å². The molecule has 3 heterocycles. The monoisotopic (exact) mass is 280 g/mol. The average Bonchev–Trinajstić information content (AvgIpc) is 2.47. The maximum atomic E-state index is 13.3. The highest BCUT2D eigenvalue weighted by Crippen LogP contribution is 2.40. The van der Waals surface area contributed by atoms with Gasteiger partial charge in [-0.25, -0.2) is 4.39 Å². The number of rotatable bonds is 2. The fourth-order valence-electron chi connectivity index (χ4n) is 3.35. The number of hydrogen-bond acceptors (Lipinski definition) is 4.